The zero-order chi connectivity index (χ0) is 12.2. The number of amidine groups is 1. The van der Waals surface area contributed by atoms with E-state index in [1.807, 2.05) is 0 Å². The summed E-state index contributed by atoms with van der Waals surface area (Å²) in [7, 11) is -3.65. The predicted molar refractivity (Wildman–Crippen MR) is 56.4 cm³/mol. The number of hydrogen-bond donors (Lipinski definition) is 3. The topological polar surface area (TPSA) is 125 Å². The van der Waals surface area contributed by atoms with E-state index in [0.29, 0.717) is 0 Å². The highest BCUT2D eigenvalue weighted by Crippen LogP contribution is 2.12. The number of aromatic amines is 1. The Bertz CT molecular complexity index is 452. The Morgan fingerprint density at radius 3 is 2.88 bits per heavy atom. The van der Waals surface area contributed by atoms with Crippen LogP contribution in [0.25, 0.3) is 0 Å². The second-order valence-electron chi connectivity index (χ2n) is 2.96. The third-order valence-electron chi connectivity index (χ3n) is 1.93. The van der Waals surface area contributed by atoms with E-state index in [2.05, 4.69) is 15.4 Å². The first kappa shape index (κ1) is 12.5. The van der Waals surface area contributed by atoms with Gasteiger partial charge in [-0.3, -0.25) is 5.10 Å². The number of hydrogen-bond acceptors (Lipinski definition) is 5. The van der Waals surface area contributed by atoms with Crippen molar-refractivity contribution in [1.29, 1.82) is 0 Å². The lowest BCUT2D eigenvalue weighted by Crippen LogP contribution is -2.38. The zero-order valence-electron chi connectivity index (χ0n) is 8.66. The van der Waals surface area contributed by atoms with Crippen molar-refractivity contribution in [3.05, 3.63) is 12.4 Å². The third kappa shape index (κ3) is 2.49. The summed E-state index contributed by atoms with van der Waals surface area (Å²) >= 11 is 0. The van der Waals surface area contributed by atoms with Gasteiger partial charge in [0.25, 0.3) is 0 Å². The summed E-state index contributed by atoms with van der Waals surface area (Å²) in [6, 6.07) is 0. The van der Waals surface area contributed by atoms with Gasteiger partial charge in [0.15, 0.2) is 5.84 Å². The van der Waals surface area contributed by atoms with Crippen molar-refractivity contribution >= 4 is 15.9 Å². The predicted octanol–water partition coefficient (Wildman–Crippen LogP) is -0.833. The van der Waals surface area contributed by atoms with Crippen LogP contribution in [0.3, 0.4) is 0 Å². The van der Waals surface area contributed by atoms with Gasteiger partial charge in [-0.2, -0.15) is 9.40 Å². The van der Waals surface area contributed by atoms with Crippen molar-refractivity contribution in [3.8, 4) is 0 Å². The summed E-state index contributed by atoms with van der Waals surface area (Å²) < 4.78 is 25.0. The lowest BCUT2D eigenvalue weighted by atomic mass is 10.6. The number of rotatable bonds is 5. The van der Waals surface area contributed by atoms with Crippen molar-refractivity contribution in [2.75, 3.05) is 13.1 Å². The molecule has 1 aromatic rings. The van der Waals surface area contributed by atoms with Gasteiger partial charge in [0, 0.05) is 12.7 Å². The number of nitrogens with zero attached hydrogens (tertiary/aromatic N) is 3. The minimum absolute atomic E-state index is 0.0417. The molecule has 0 amide bonds. The van der Waals surface area contributed by atoms with Gasteiger partial charge < -0.3 is 10.9 Å². The molecule has 9 heteroatoms. The molecule has 0 spiro atoms. The number of oxime groups is 1. The number of nitrogens with one attached hydrogen (secondary N) is 1. The summed E-state index contributed by atoms with van der Waals surface area (Å²) in [6.07, 6.45) is 2.47. The fourth-order valence-electron chi connectivity index (χ4n) is 1.11. The molecule has 0 radical (unpaired) electrons. The first-order valence-corrected chi connectivity index (χ1v) is 5.91. The highest BCUT2D eigenvalue weighted by atomic mass is 32.2. The maximum atomic E-state index is 11.9. The molecule has 0 aliphatic rings. The molecule has 4 N–H and O–H groups in total. The molecule has 0 aliphatic carbocycles. The molecular weight excluding hydrogens is 234 g/mol. The Hall–Kier alpha value is -1.61. The molecule has 0 saturated carbocycles. The standard InChI is InChI=1S/C7H13N5O3S/c1-2-12(5-7(8)11-13)16(14,15)6-3-9-10-4-6/h3-4,13H,2,5H2,1H3,(H2,8,11)(H,9,10). The van der Waals surface area contributed by atoms with Crippen LogP contribution in [0, 0.1) is 0 Å². The Morgan fingerprint density at radius 2 is 2.44 bits per heavy atom. The second kappa shape index (κ2) is 4.94. The molecule has 0 unspecified atom stereocenters. The minimum Gasteiger partial charge on any atom is -0.409 e. The van der Waals surface area contributed by atoms with Crippen molar-refractivity contribution < 1.29 is 13.6 Å². The zero-order valence-corrected chi connectivity index (χ0v) is 9.48. The average Bonchev–Trinajstić information content (AvgIpc) is 2.78. The first-order valence-electron chi connectivity index (χ1n) is 4.47. The fourth-order valence-corrected chi connectivity index (χ4v) is 2.44. The van der Waals surface area contributed by atoms with E-state index in [1.165, 1.54) is 12.4 Å². The van der Waals surface area contributed by atoms with Gasteiger partial charge in [0.1, 0.15) is 4.90 Å². The summed E-state index contributed by atoms with van der Waals surface area (Å²) in [5, 5.41) is 17.1. The van der Waals surface area contributed by atoms with Gasteiger partial charge in [-0.05, 0) is 0 Å². The lowest BCUT2D eigenvalue weighted by molar-refractivity contribution is 0.315. The smallest absolute Gasteiger partial charge is 0.246 e. The second-order valence-corrected chi connectivity index (χ2v) is 4.89. The van der Waals surface area contributed by atoms with E-state index in [-0.39, 0.29) is 23.8 Å². The van der Waals surface area contributed by atoms with Gasteiger partial charge in [-0.15, -0.1) is 0 Å². The highest BCUT2D eigenvalue weighted by Gasteiger charge is 2.24. The Labute approximate surface area is 92.8 Å². The Kier molecular flexibility index (Phi) is 3.85. The molecule has 8 nitrogen and oxygen atoms in total. The normalized spacial score (nSPS) is 13.2. The van der Waals surface area contributed by atoms with Crippen LogP contribution in [0.15, 0.2) is 22.4 Å². The molecule has 0 saturated heterocycles. The van der Waals surface area contributed by atoms with Gasteiger partial charge in [0.05, 0.1) is 12.7 Å². The van der Waals surface area contributed by atoms with Gasteiger partial charge in [-0.25, -0.2) is 8.42 Å². The van der Waals surface area contributed by atoms with Gasteiger partial charge >= 0.3 is 0 Å². The average molecular weight is 247 g/mol. The number of H-pyrrole nitrogens is 1. The van der Waals surface area contributed by atoms with Crippen LogP contribution in [0.5, 0.6) is 0 Å². The molecular formula is C7H13N5O3S. The highest BCUT2D eigenvalue weighted by molar-refractivity contribution is 7.89. The van der Waals surface area contributed by atoms with E-state index in [9.17, 15) is 8.42 Å². The van der Waals surface area contributed by atoms with Crippen LogP contribution < -0.4 is 5.73 Å². The van der Waals surface area contributed by atoms with E-state index < -0.39 is 10.0 Å². The molecule has 1 heterocycles. The maximum absolute atomic E-state index is 11.9. The van der Waals surface area contributed by atoms with Crippen molar-refractivity contribution in [1.82, 2.24) is 14.5 Å². The van der Waals surface area contributed by atoms with Gasteiger partial charge in [-0.1, -0.05) is 12.1 Å². The Morgan fingerprint density at radius 1 is 1.75 bits per heavy atom. The van der Waals surface area contributed by atoms with Crippen LogP contribution >= 0.6 is 0 Å². The molecule has 0 fully saturated rings. The quantitative estimate of drug-likeness (QED) is 0.271. The third-order valence-corrected chi connectivity index (χ3v) is 3.82. The van der Waals surface area contributed by atoms with Crippen LogP contribution in [-0.4, -0.2) is 47.1 Å². The summed E-state index contributed by atoms with van der Waals surface area (Å²) in [6.45, 7) is 1.70. The summed E-state index contributed by atoms with van der Waals surface area (Å²) in [5.74, 6) is -0.172. The fraction of sp³-hybridized carbons (Fsp3) is 0.429. The Balaban J connectivity index is 2.97. The molecule has 0 bridgehead atoms. The number of aromatic nitrogens is 2. The molecule has 0 aliphatic heterocycles. The summed E-state index contributed by atoms with van der Waals surface area (Å²) in [4.78, 5) is 0.0417. The molecule has 1 rings (SSSR count). The number of nitrogens with two attached hydrogens (primary N) is 1. The van der Waals surface area contributed by atoms with Crippen molar-refractivity contribution in [2.24, 2.45) is 10.9 Å². The lowest BCUT2D eigenvalue weighted by Gasteiger charge is -2.18. The molecule has 90 valence electrons. The van der Waals surface area contributed by atoms with E-state index in [4.69, 9.17) is 10.9 Å². The monoisotopic (exact) mass is 247 g/mol. The van der Waals surface area contributed by atoms with Crippen LogP contribution in [0.2, 0.25) is 0 Å². The van der Waals surface area contributed by atoms with Crippen molar-refractivity contribution in [2.45, 2.75) is 11.8 Å². The minimum atomic E-state index is -3.65. The van der Waals surface area contributed by atoms with Crippen molar-refractivity contribution in [3.63, 3.8) is 0 Å². The van der Waals surface area contributed by atoms with E-state index in [0.717, 1.165) is 4.31 Å². The number of likely N-dealkylation sites (N-methyl/N-ethyl adjacent to an activating group) is 1. The number of sulfonamides is 1. The van der Waals surface area contributed by atoms with Crippen LogP contribution in [0.4, 0.5) is 0 Å². The van der Waals surface area contributed by atoms with E-state index in [1.54, 1.807) is 6.92 Å². The molecule has 1 aromatic heterocycles. The summed E-state index contributed by atoms with van der Waals surface area (Å²) in [5.41, 5.74) is 5.27. The van der Waals surface area contributed by atoms with E-state index >= 15 is 0 Å². The van der Waals surface area contributed by atoms with Crippen LogP contribution in [-0.2, 0) is 10.0 Å². The molecule has 0 aromatic carbocycles. The first-order chi connectivity index (χ1) is 7.52. The molecule has 0 atom stereocenters. The van der Waals surface area contributed by atoms with Gasteiger partial charge in [0.2, 0.25) is 10.0 Å². The maximum Gasteiger partial charge on any atom is 0.246 e. The SMILES string of the molecule is CCN(CC(N)=NO)S(=O)(=O)c1cn[nH]c1. The van der Waals surface area contributed by atoms with Crippen LogP contribution in [0.1, 0.15) is 6.92 Å². The molecule has 16 heavy (non-hydrogen) atoms. The largest absolute Gasteiger partial charge is 0.409 e.